The Morgan fingerprint density at radius 3 is 2.19 bits per heavy atom. The molecule has 0 bridgehead atoms. The van der Waals surface area contributed by atoms with E-state index in [4.69, 9.17) is 0 Å². The van der Waals surface area contributed by atoms with Crippen molar-refractivity contribution in [3.05, 3.63) is 12.7 Å². The van der Waals surface area contributed by atoms with Crippen LogP contribution in [0, 0.1) is 5.92 Å². The van der Waals surface area contributed by atoms with Gasteiger partial charge in [-0.1, -0.05) is 34.3 Å². The lowest BCUT2D eigenvalue weighted by Gasteiger charge is -2.26. The second kappa shape index (κ2) is 8.34. The standard InChI is InChI=1S/C13H26N2O/c1-6-13(16)15(11-12(4)5)10-9-14(7-2)8-3/h6,12H,1,7-11H2,2-5H3. The van der Waals surface area contributed by atoms with Gasteiger partial charge in [0.15, 0.2) is 0 Å². The minimum absolute atomic E-state index is 0.0425. The monoisotopic (exact) mass is 226 g/mol. The van der Waals surface area contributed by atoms with E-state index in [1.54, 1.807) is 0 Å². The molecule has 0 aliphatic heterocycles. The first-order valence-corrected chi connectivity index (χ1v) is 6.18. The molecule has 94 valence electrons. The van der Waals surface area contributed by atoms with Crippen LogP contribution >= 0.6 is 0 Å². The third-order valence-electron chi connectivity index (χ3n) is 2.65. The summed E-state index contributed by atoms with van der Waals surface area (Å²) >= 11 is 0. The van der Waals surface area contributed by atoms with Gasteiger partial charge in [0.05, 0.1) is 0 Å². The van der Waals surface area contributed by atoms with Gasteiger partial charge in [0.1, 0.15) is 0 Å². The zero-order valence-electron chi connectivity index (χ0n) is 11.2. The van der Waals surface area contributed by atoms with Crippen molar-refractivity contribution in [1.82, 2.24) is 9.80 Å². The minimum Gasteiger partial charge on any atom is -0.338 e. The van der Waals surface area contributed by atoms with Gasteiger partial charge in [0.25, 0.3) is 0 Å². The van der Waals surface area contributed by atoms with E-state index in [0.717, 1.165) is 32.7 Å². The molecule has 0 aromatic rings. The Kier molecular flexibility index (Phi) is 7.90. The largest absolute Gasteiger partial charge is 0.338 e. The normalized spacial score (nSPS) is 10.9. The SMILES string of the molecule is C=CC(=O)N(CCN(CC)CC)CC(C)C. The van der Waals surface area contributed by atoms with Gasteiger partial charge in [0.2, 0.25) is 5.91 Å². The van der Waals surface area contributed by atoms with Gasteiger partial charge in [-0.15, -0.1) is 0 Å². The number of likely N-dealkylation sites (N-methyl/N-ethyl adjacent to an activating group) is 1. The Morgan fingerprint density at radius 2 is 1.81 bits per heavy atom. The van der Waals surface area contributed by atoms with Gasteiger partial charge in [-0.05, 0) is 25.1 Å². The van der Waals surface area contributed by atoms with Crippen LogP contribution in [0.2, 0.25) is 0 Å². The van der Waals surface area contributed by atoms with Crippen molar-refractivity contribution >= 4 is 5.91 Å². The molecule has 1 amide bonds. The van der Waals surface area contributed by atoms with E-state index in [2.05, 4.69) is 39.2 Å². The molecule has 0 aliphatic rings. The summed E-state index contributed by atoms with van der Waals surface area (Å²) < 4.78 is 0. The van der Waals surface area contributed by atoms with Gasteiger partial charge < -0.3 is 9.80 Å². The summed E-state index contributed by atoms with van der Waals surface area (Å²) in [7, 11) is 0. The lowest BCUT2D eigenvalue weighted by Crippen LogP contribution is -2.39. The molecule has 0 heterocycles. The Balaban J connectivity index is 4.20. The summed E-state index contributed by atoms with van der Waals surface area (Å²) in [5, 5.41) is 0. The number of amides is 1. The number of hydrogen-bond donors (Lipinski definition) is 0. The first kappa shape index (κ1) is 15.2. The van der Waals surface area contributed by atoms with E-state index in [9.17, 15) is 4.79 Å². The zero-order valence-corrected chi connectivity index (χ0v) is 11.2. The van der Waals surface area contributed by atoms with Gasteiger partial charge >= 0.3 is 0 Å². The Morgan fingerprint density at radius 1 is 1.25 bits per heavy atom. The number of nitrogens with zero attached hydrogens (tertiary/aromatic N) is 2. The summed E-state index contributed by atoms with van der Waals surface area (Å²) in [5.41, 5.74) is 0. The molecule has 0 unspecified atom stereocenters. The van der Waals surface area contributed by atoms with Gasteiger partial charge in [-0.3, -0.25) is 4.79 Å². The highest BCUT2D eigenvalue weighted by molar-refractivity contribution is 5.86. The quantitative estimate of drug-likeness (QED) is 0.591. The van der Waals surface area contributed by atoms with Crippen LogP contribution in [-0.2, 0) is 4.79 Å². The van der Waals surface area contributed by atoms with Crippen LogP contribution in [0.1, 0.15) is 27.7 Å². The molecule has 0 atom stereocenters. The second-order valence-electron chi connectivity index (χ2n) is 4.41. The van der Waals surface area contributed by atoms with Crippen LogP contribution in [0.15, 0.2) is 12.7 Å². The number of rotatable bonds is 8. The maximum absolute atomic E-state index is 11.6. The maximum atomic E-state index is 11.6. The molecule has 0 aromatic carbocycles. The number of hydrogen-bond acceptors (Lipinski definition) is 2. The Bertz CT molecular complexity index is 210. The lowest BCUT2D eigenvalue weighted by molar-refractivity contribution is -0.126. The molecule has 0 N–H and O–H groups in total. The van der Waals surface area contributed by atoms with Crippen molar-refractivity contribution in [3.63, 3.8) is 0 Å². The summed E-state index contributed by atoms with van der Waals surface area (Å²) in [6.07, 6.45) is 1.41. The van der Waals surface area contributed by atoms with Crippen LogP contribution in [0.5, 0.6) is 0 Å². The van der Waals surface area contributed by atoms with Gasteiger partial charge in [0, 0.05) is 19.6 Å². The molecule has 0 saturated heterocycles. The summed E-state index contributed by atoms with van der Waals surface area (Å²) in [5.74, 6) is 0.543. The first-order chi connectivity index (χ1) is 7.54. The fourth-order valence-corrected chi connectivity index (χ4v) is 1.66. The molecule has 0 spiro atoms. The molecule has 0 radical (unpaired) electrons. The smallest absolute Gasteiger partial charge is 0.246 e. The third-order valence-corrected chi connectivity index (χ3v) is 2.65. The molecule has 16 heavy (non-hydrogen) atoms. The topological polar surface area (TPSA) is 23.6 Å². The fraction of sp³-hybridized carbons (Fsp3) is 0.769. The van der Waals surface area contributed by atoms with E-state index in [1.807, 2.05) is 4.90 Å². The number of carbonyl (C=O) groups is 1. The predicted octanol–water partition coefficient (Wildman–Crippen LogP) is 2.00. The Hall–Kier alpha value is -0.830. The molecule has 3 heteroatoms. The summed E-state index contributed by atoms with van der Waals surface area (Å²) in [4.78, 5) is 15.8. The molecular weight excluding hydrogens is 200 g/mol. The summed E-state index contributed by atoms with van der Waals surface area (Å²) in [6, 6.07) is 0. The fourth-order valence-electron chi connectivity index (χ4n) is 1.66. The van der Waals surface area contributed by atoms with Crippen molar-refractivity contribution in [2.75, 3.05) is 32.7 Å². The molecule has 3 nitrogen and oxygen atoms in total. The average Bonchev–Trinajstić information content (AvgIpc) is 2.27. The lowest BCUT2D eigenvalue weighted by atomic mass is 10.2. The average molecular weight is 226 g/mol. The maximum Gasteiger partial charge on any atom is 0.246 e. The van der Waals surface area contributed by atoms with Crippen molar-refractivity contribution in [3.8, 4) is 0 Å². The third kappa shape index (κ3) is 5.91. The van der Waals surface area contributed by atoms with Crippen LogP contribution in [0.3, 0.4) is 0 Å². The molecule has 0 aliphatic carbocycles. The summed E-state index contributed by atoms with van der Waals surface area (Å²) in [6.45, 7) is 16.7. The van der Waals surface area contributed by atoms with Crippen molar-refractivity contribution in [2.45, 2.75) is 27.7 Å². The molecule has 0 saturated carbocycles. The first-order valence-electron chi connectivity index (χ1n) is 6.18. The van der Waals surface area contributed by atoms with Crippen molar-refractivity contribution in [2.24, 2.45) is 5.92 Å². The van der Waals surface area contributed by atoms with E-state index >= 15 is 0 Å². The second-order valence-corrected chi connectivity index (χ2v) is 4.41. The van der Waals surface area contributed by atoms with E-state index in [0.29, 0.717) is 5.92 Å². The van der Waals surface area contributed by atoms with Crippen LogP contribution in [0.25, 0.3) is 0 Å². The van der Waals surface area contributed by atoms with E-state index in [-0.39, 0.29) is 5.91 Å². The van der Waals surface area contributed by atoms with E-state index < -0.39 is 0 Å². The van der Waals surface area contributed by atoms with Crippen molar-refractivity contribution < 1.29 is 4.79 Å². The molecular formula is C13H26N2O. The van der Waals surface area contributed by atoms with Crippen LogP contribution < -0.4 is 0 Å². The highest BCUT2D eigenvalue weighted by atomic mass is 16.2. The van der Waals surface area contributed by atoms with Gasteiger partial charge in [-0.25, -0.2) is 0 Å². The van der Waals surface area contributed by atoms with Crippen LogP contribution in [0.4, 0.5) is 0 Å². The zero-order chi connectivity index (χ0) is 12.6. The predicted molar refractivity (Wildman–Crippen MR) is 69.4 cm³/mol. The van der Waals surface area contributed by atoms with Crippen molar-refractivity contribution in [1.29, 1.82) is 0 Å². The highest BCUT2D eigenvalue weighted by Crippen LogP contribution is 2.01. The van der Waals surface area contributed by atoms with E-state index in [1.165, 1.54) is 6.08 Å². The van der Waals surface area contributed by atoms with Crippen LogP contribution in [-0.4, -0.2) is 48.4 Å². The van der Waals surface area contributed by atoms with Gasteiger partial charge in [-0.2, -0.15) is 0 Å². The Labute approximate surface area is 100 Å². The molecule has 0 rings (SSSR count). The molecule has 0 fully saturated rings. The number of carbonyl (C=O) groups excluding carboxylic acids is 1. The minimum atomic E-state index is 0.0425. The molecule has 0 aromatic heterocycles. The highest BCUT2D eigenvalue weighted by Gasteiger charge is 2.12.